The summed E-state index contributed by atoms with van der Waals surface area (Å²) in [6.45, 7) is 3.20. The lowest BCUT2D eigenvalue weighted by molar-refractivity contribution is 0.0273. The molecule has 0 bridgehead atoms. The standard InChI is InChI=1S/C22H27N3O3S2/c1-15-24-25-22(30-15)29-14-18-17-10-5-6-11-19(17)28-20(18)21(26)23-12-7-13-27-16-8-3-2-4-9-16/h5-6,10-11,16H,2-4,7-9,12-14H2,1H3,(H,23,26). The molecule has 0 radical (unpaired) electrons. The highest BCUT2D eigenvalue weighted by Crippen LogP contribution is 2.33. The molecule has 0 spiro atoms. The summed E-state index contributed by atoms with van der Waals surface area (Å²) in [6, 6.07) is 7.77. The Morgan fingerprint density at radius 2 is 2.10 bits per heavy atom. The van der Waals surface area contributed by atoms with Crippen LogP contribution >= 0.6 is 23.1 Å². The van der Waals surface area contributed by atoms with Crippen LogP contribution in [0, 0.1) is 6.92 Å². The van der Waals surface area contributed by atoms with Gasteiger partial charge in [0.15, 0.2) is 10.1 Å². The van der Waals surface area contributed by atoms with Gasteiger partial charge in [0, 0.05) is 29.9 Å². The first kappa shape index (κ1) is 21.3. The molecule has 0 unspecified atom stereocenters. The van der Waals surface area contributed by atoms with Crippen molar-refractivity contribution in [1.82, 2.24) is 15.5 Å². The number of aryl methyl sites for hydroxylation is 1. The Morgan fingerprint density at radius 3 is 2.90 bits per heavy atom. The number of fused-ring (bicyclic) bond motifs is 1. The molecule has 160 valence electrons. The number of nitrogens with zero attached hydrogens (tertiary/aromatic N) is 2. The van der Waals surface area contributed by atoms with E-state index < -0.39 is 0 Å². The molecule has 6 nitrogen and oxygen atoms in total. The first-order valence-corrected chi connectivity index (χ1v) is 12.3. The molecular formula is C22H27N3O3S2. The Hall–Kier alpha value is -1.90. The molecule has 0 saturated heterocycles. The lowest BCUT2D eigenvalue weighted by Gasteiger charge is -2.21. The van der Waals surface area contributed by atoms with Crippen LogP contribution in [-0.4, -0.2) is 35.4 Å². The molecule has 1 aliphatic carbocycles. The van der Waals surface area contributed by atoms with Crippen LogP contribution in [0.15, 0.2) is 33.0 Å². The molecule has 1 fully saturated rings. The van der Waals surface area contributed by atoms with E-state index in [1.807, 2.05) is 31.2 Å². The van der Waals surface area contributed by atoms with Gasteiger partial charge in [-0.05, 0) is 32.3 Å². The fourth-order valence-electron chi connectivity index (χ4n) is 3.73. The minimum absolute atomic E-state index is 0.173. The summed E-state index contributed by atoms with van der Waals surface area (Å²) in [5.41, 5.74) is 1.63. The number of para-hydroxylation sites is 1. The van der Waals surface area contributed by atoms with Crippen molar-refractivity contribution >= 4 is 40.0 Å². The predicted molar refractivity (Wildman–Crippen MR) is 120 cm³/mol. The summed E-state index contributed by atoms with van der Waals surface area (Å²) in [4.78, 5) is 12.8. The van der Waals surface area contributed by atoms with E-state index in [0.717, 1.165) is 32.3 Å². The van der Waals surface area contributed by atoms with Crippen molar-refractivity contribution in [3.8, 4) is 0 Å². The van der Waals surface area contributed by atoms with Crippen LogP contribution in [0.2, 0.25) is 0 Å². The molecule has 1 aromatic carbocycles. The number of ether oxygens (including phenoxy) is 1. The van der Waals surface area contributed by atoms with Crippen LogP contribution in [0.1, 0.15) is 59.7 Å². The molecule has 0 atom stereocenters. The van der Waals surface area contributed by atoms with E-state index in [0.29, 0.717) is 30.8 Å². The van der Waals surface area contributed by atoms with E-state index in [1.165, 1.54) is 32.1 Å². The van der Waals surface area contributed by atoms with Crippen molar-refractivity contribution in [3.63, 3.8) is 0 Å². The highest BCUT2D eigenvalue weighted by atomic mass is 32.2. The maximum atomic E-state index is 12.8. The lowest BCUT2D eigenvalue weighted by Crippen LogP contribution is -2.26. The van der Waals surface area contributed by atoms with Crippen LogP contribution in [0.5, 0.6) is 0 Å². The molecule has 1 saturated carbocycles. The molecule has 4 rings (SSSR count). The second kappa shape index (κ2) is 10.4. The van der Waals surface area contributed by atoms with Crippen LogP contribution in [0.4, 0.5) is 0 Å². The van der Waals surface area contributed by atoms with Gasteiger partial charge in [0.25, 0.3) is 5.91 Å². The van der Waals surface area contributed by atoms with Crippen LogP contribution in [0.3, 0.4) is 0 Å². The third kappa shape index (κ3) is 5.42. The highest BCUT2D eigenvalue weighted by Gasteiger charge is 2.21. The van der Waals surface area contributed by atoms with Gasteiger partial charge in [-0.25, -0.2) is 0 Å². The van der Waals surface area contributed by atoms with Crippen molar-refractivity contribution in [2.24, 2.45) is 0 Å². The summed E-state index contributed by atoms with van der Waals surface area (Å²) in [6.07, 6.45) is 7.40. The fourth-order valence-corrected chi connectivity index (χ4v) is 5.58. The van der Waals surface area contributed by atoms with Gasteiger partial charge in [0.2, 0.25) is 0 Å². The van der Waals surface area contributed by atoms with E-state index in [1.54, 1.807) is 23.1 Å². The summed E-state index contributed by atoms with van der Waals surface area (Å²) < 4.78 is 12.8. The summed E-state index contributed by atoms with van der Waals surface area (Å²) in [5, 5.41) is 13.1. The second-order valence-electron chi connectivity index (χ2n) is 7.52. The monoisotopic (exact) mass is 445 g/mol. The molecule has 2 aromatic heterocycles. The van der Waals surface area contributed by atoms with Gasteiger partial charge in [0.05, 0.1) is 6.10 Å². The quantitative estimate of drug-likeness (QED) is 0.353. The van der Waals surface area contributed by atoms with Gasteiger partial charge < -0.3 is 14.5 Å². The van der Waals surface area contributed by atoms with Gasteiger partial charge >= 0.3 is 0 Å². The number of thioether (sulfide) groups is 1. The highest BCUT2D eigenvalue weighted by molar-refractivity contribution is 8.00. The van der Waals surface area contributed by atoms with Crippen molar-refractivity contribution < 1.29 is 13.9 Å². The molecule has 0 aliphatic heterocycles. The van der Waals surface area contributed by atoms with Crippen molar-refractivity contribution in [2.75, 3.05) is 13.2 Å². The predicted octanol–water partition coefficient (Wildman–Crippen LogP) is 5.35. The number of nitrogens with one attached hydrogen (secondary N) is 1. The smallest absolute Gasteiger partial charge is 0.287 e. The first-order valence-electron chi connectivity index (χ1n) is 10.5. The average molecular weight is 446 g/mol. The zero-order chi connectivity index (χ0) is 20.8. The van der Waals surface area contributed by atoms with Gasteiger partial charge in [-0.1, -0.05) is 60.6 Å². The maximum Gasteiger partial charge on any atom is 0.287 e. The summed E-state index contributed by atoms with van der Waals surface area (Å²) >= 11 is 3.13. The number of carbonyl (C=O) groups is 1. The fraction of sp³-hybridized carbons (Fsp3) is 0.500. The molecule has 8 heteroatoms. The van der Waals surface area contributed by atoms with Gasteiger partial charge in [-0.2, -0.15) is 0 Å². The molecule has 3 aromatic rings. The number of hydrogen-bond donors (Lipinski definition) is 1. The number of furan rings is 1. The largest absolute Gasteiger partial charge is 0.451 e. The number of amides is 1. The minimum Gasteiger partial charge on any atom is -0.451 e. The zero-order valence-corrected chi connectivity index (χ0v) is 18.8. The summed E-state index contributed by atoms with van der Waals surface area (Å²) in [7, 11) is 0. The number of benzene rings is 1. The van der Waals surface area contributed by atoms with Crippen molar-refractivity contribution in [2.45, 2.75) is 61.6 Å². The normalized spacial score (nSPS) is 15.0. The number of carbonyl (C=O) groups excluding carboxylic acids is 1. The Bertz CT molecular complexity index is 979. The number of aromatic nitrogens is 2. The molecule has 1 amide bonds. The molecule has 1 aliphatic rings. The Labute approximate surface area is 184 Å². The molecule has 2 heterocycles. The number of rotatable bonds is 9. The summed E-state index contributed by atoms with van der Waals surface area (Å²) in [5.74, 6) is 0.824. The SMILES string of the molecule is Cc1nnc(SCc2c(C(=O)NCCCOC3CCCCC3)oc3ccccc23)s1. The van der Waals surface area contributed by atoms with E-state index in [4.69, 9.17) is 9.15 Å². The number of hydrogen-bond acceptors (Lipinski definition) is 7. The van der Waals surface area contributed by atoms with E-state index in [-0.39, 0.29) is 5.91 Å². The molecule has 30 heavy (non-hydrogen) atoms. The minimum atomic E-state index is -0.173. The Balaban J connectivity index is 1.35. The molecular weight excluding hydrogens is 418 g/mol. The maximum absolute atomic E-state index is 12.8. The van der Waals surface area contributed by atoms with Crippen LogP contribution in [0.25, 0.3) is 11.0 Å². The third-order valence-corrected chi connectivity index (χ3v) is 7.26. The zero-order valence-electron chi connectivity index (χ0n) is 17.2. The van der Waals surface area contributed by atoms with Crippen LogP contribution in [-0.2, 0) is 10.5 Å². The van der Waals surface area contributed by atoms with Crippen LogP contribution < -0.4 is 5.32 Å². The second-order valence-corrected chi connectivity index (χ2v) is 9.93. The molecule has 1 N–H and O–H groups in total. The van der Waals surface area contributed by atoms with Gasteiger partial charge in [-0.15, -0.1) is 10.2 Å². The van der Waals surface area contributed by atoms with E-state index in [9.17, 15) is 4.79 Å². The Morgan fingerprint density at radius 1 is 1.27 bits per heavy atom. The van der Waals surface area contributed by atoms with Gasteiger partial charge in [0.1, 0.15) is 10.6 Å². The lowest BCUT2D eigenvalue weighted by atomic mass is 9.98. The first-order chi connectivity index (χ1) is 14.7. The van der Waals surface area contributed by atoms with E-state index in [2.05, 4.69) is 15.5 Å². The van der Waals surface area contributed by atoms with Crippen molar-refractivity contribution in [3.05, 3.63) is 40.6 Å². The van der Waals surface area contributed by atoms with Gasteiger partial charge in [-0.3, -0.25) is 4.79 Å². The third-order valence-electron chi connectivity index (χ3n) is 5.26. The Kier molecular flexibility index (Phi) is 7.41. The average Bonchev–Trinajstić information content (AvgIpc) is 3.35. The van der Waals surface area contributed by atoms with E-state index >= 15 is 0 Å². The topological polar surface area (TPSA) is 77.2 Å². The van der Waals surface area contributed by atoms with Crippen molar-refractivity contribution in [1.29, 1.82) is 0 Å².